The zero-order chi connectivity index (χ0) is 46.3. The third-order valence-corrected chi connectivity index (χ3v) is 15.9. The summed E-state index contributed by atoms with van der Waals surface area (Å²) in [7, 11) is 0. The molecule has 8 heteroatoms. The van der Waals surface area contributed by atoms with E-state index in [0.29, 0.717) is 21.1 Å². The van der Waals surface area contributed by atoms with Crippen molar-refractivity contribution in [2.75, 3.05) is 0 Å². The zero-order valence-corrected chi connectivity index (χ0v) is 40.7. The molecule has 8 aromatic rings. The Morgan fingerprint density at radius 2 is 0.910 bits per heavy atom. The largest absolute Gasteiger partial charge is 0.291 e. The maximum Gasteiger partial charge on any atom is 0.279 e. The van der Waals surface area contributed by atoms with Gasteiger partial charge < -0.3 is 0 Å². The van der Waals surface area contributed by atoms with Gasteiger partial charge in [-0.25, -0.2) is 9.36 Å². The number of hydrogen-bond acceptors (Lipinski definition) is 4. The van der Waals surface area contributed by atoms with E-state index in [1.807, 2.05) is 72.8 Å². The third kappa shape index (κ3) is 9.65. The van der Waals surface area contributed by atoms with Crippen molar-refractivity contribution in [3.05, 3.63) is 184 Å². The topological polar surface area (TPSA) is 75.6 Å². The first-order chi connectivity index (χ1) is 32.8. The van der Waals surface area contributed by atoms with Crippen LogP contribution in [0.25, 0.3) is 68.7 Å². The van der Waals surface area contributed by atoms with Gasteiger partial charge in [-0.2, -0.15) is 0 Å². The van der Waals surface area contributed by atoms with E-state index >= 15 is 0 Å². The fraction of sp³-hybridized carbons (Fsp3) is 0.288. The van der Waals surface area contributed by atoms with Gasteiger partial charge >= 0.3 is 0 Å². The van der Waals surface area contributed by atoms with Crippen molar-refractivity contribution in [2.45, 2.75) is 109 Å². The molecule has 0 amide bonds. The van der Waals surface area contributed by atoms with Crippen LogP contribution in [-0.2, 0) is 5.41 Å². The smallest absolute Gasteiger partial charge is 0.279 e. The molecule has 67 heavy (non-hydrogen) atoms. The van der Waals surface area contributed by atoms with E-state index in [2.05, 4.69) is 97.9 Å². The third-order valence-electron chi connectivity index (χ3n) is 13.7. The monoisotopic (exact) mass is 922 g/mol. The Labute approximate surface area is 402 Å². The average molecular weight is 923 g/mol. The summed E-state index contributed by atoms with van der Waals surface area (Å²) in [4.78, 5) is 31.6. The number of H-pyrrole nitrogens is 2. The molecule has 9 rings (SSSR count). The van der Waals surface area contributed by atoms with Crippen molar-refractivity contribution < 1.29 is 0 Å². The predicted molar refractivity (Wildman–Crippen MR) is 285 cm³/mol. The Morgan fingerprint density at radius 3 is 1.33 bits per heavy atom. The van der Waals surface area contributed by atoms with Gasteiger partial charge in [0.25, 0.3) is 11.1 Å². The number of nitrogens with zero attached hydrogens (tertiary/aromatic N) is 2. The molecule has 2 N–H and O–H groups in total. The molecule has 0 saturated heterocycles. The molecule has 0 radical (unpaired) electrons. The highest BCUT2D eigenvalue weighted by Crippen LogP contribution is 2.56. The van der Waals surface area contributed by atoms with Crippen LogP contribution in [0.5, 0.6) is 0 Å². The van der Waals surface area contributed by atoms with Crippen LogP contribution >= 0.6 is 22.7 Å². The number of benzene rings is 4. The van der Waals surface area contributed by atoms with E-state index in [0.717, 1.165) is 34.0 Å². The lowest BCUT2D eigenvalue weighted by Crippen LogP contribution is -2.33. The van der Waals surface area contributed by atoms with Crippen molar-refractivity contribution in [1.29, 1.82) is 0 Å². The summed E-state index contributed by atoms with van der Waals surface area (Å²) in [6.07, 6.45) is 21.3. The van der Waals surface area contributed by atoms with Gasteiger partial charge in [0, 0.05) is 24.9 Å². The summed E-state index contributed by atoms with van der Waals surface area (Å²) in [5, 5.41) is 8.72. The molecular formula is C59H62N4O2S2. The molecule has 0 unspecified atom stereocenters. The summed E-state index contributed by atoms with van der Waals surface area (Å²) in [6, 6.07) is 42.4. The molecule has 0 spiro atoms. The van der Waals surface area contributed by atoms with Gasteiger partial charge in [0.15, 0.2) is 0 Å². The number of thiophene rings is 2. The fourth-order valence-corrected chi connectivity index (χ4v) is 12.0. The Balaban J connectivity index is 1.09. The van der Waals surface area contributed by atoms with Gasteiger partial charge in [0.05, 0.1) is 32.5 Å². The maximum atomic E-state index is 13.6. The second-order valence-electron chi connectivity index (χ2n) is 18.3. The molecule has 0 atom stereocenters. The molecule has 1 aliphatic carbocycles. The van der Waals surface area contributed by atoms with Crippen LogP contribution in [0, 0.1) is 0 Å². The highest BCUT2D eigenvalue weighted by atomic mass is 32.1. The molecule has 4 aromatic heterocycles. The van der Waals surface area contributed by atoms with Crippen molar-refractivity contribution in [3.63, 3.8) is 0 Å². The lowest BCUT2D eigenvalue weighted by atomic mass is 9.70. The lowest BCUT2D eigenvalue weighted by molar-refractivity contribution is 0.398. The Bertz CT molecular complexity index is 3100. The number of aromatic nitrogens is 4. The second-order valence-corrected chi connectivity index (χ2v) is 20.5. The van der Waals surface area contributed by atoms with Crippen molar-refractivity contribution in [2.24, 2.45) is 0 Å². The molecule has 0 aliphatic heterocycles. The van der Waals surface area contributed by atoms with E-state index in [9.17, 15) is 9.59 Å². The van der Waals surface area contributed by atoms with Crippen molar-refractivity contribution in [3.8, 4) is 43.4 Å². The van der Waals surface area contributed by atoms with Crippen molar-refractivity contribution >= 4 is 48.0 Å². The standard InChI is InChI=1S/C59H62N4O2S2/c1-5-7-9-11-13-21-35-59(36-22-14-12-10-8-6-2)53-37-43(55-33-29-47(66-55)39-51-41(3)60-62(57(51)64)45-23-17-15-18-24-45)27-31-49(53)50-32-28-44(38-54(50)59)56-34-30-48(67-56)40-52-42(4)61-63(58(52)65)46-25-19-16-20-26-46/h15-20,23-34,37-40,60-61H,3-14,21-22,35-36H2,1-2H3/b51-39+,52-40+. The quantitative estimate of drug-likeness (QED) is 0.0747. The molecule has 342 valence electrons. The molecule has 0 fully saturated rings. The van der Waals surface area contributed by atoms with E-state index < -0.39 is 0 Å². The van der Waals surface area contributed by atoms with Crippen LogP contribution in [-0.4, -0.2) is 19.6 Å². The molecule has 4 aromatic carbocycles. The molecular weight excluding hydrogens is 861 g/mol. The number of para-hydroxylation sites is 2. The van der Waals surface area contributed by atoms with Crippen LogP contribution < -0.4 is 32.3 Å². The van der Waals surface area contributed by atoms with Gasteiger partial charge in [-0.05, 0) is 119 Å². The molecule has 4 heterocycles. The number of rotatable bonds is 20. The van der Waals surface area contributed by atoms with E-state index in [1.54, 1.807) is 32.0 Å². The number of hydrogen-bond donors (Lipinski definition) is 2. The van der Waals surface area contributed by atoms with Gasteiger partial charge in [-0.3, -0.25) is 19.8 Å². The minimum atomic E-state index is -0.114. The van der Waals surface area contributed by atoms with Gasteiger partial charge in [0.1, 0.15) is 0 Å². The summed E-state index contributed by atoms with van der Waals surface area (Å²) >= 11 is 3.44. The first-order valence-electron chi connectivity index (χ1n) is 24.4. The Hall–Kier alpha value is -6.22. The average Bonchev–Trinajstić information content (AvgIpc) is 4.19. The summed E-state index contributed by atoms with van der Waals surface area (Å²) in [5.74, 6) is 0. The fourth-order valence-electron chi connectivity index (χ4n) is 10.1. The maximum absolute atomic E-state index is 13.6. The van der Waals surface area contributed by atoms with Crippen LogP contribution in [0.15, 0.2) is 131 Å². The summed E-state index contributed by atoms with van der Waals surface area (Å²) in [6.45, 7) is 13.0. The zero-order valence-electron chi connectivity index (χ0n) is 39.0. The van der Waals surface area contributed by atoms with Crippen molar-refractivity contribution in [1.82, 2.24) is 19.6 Å². The van der Waals surface area contributed by atoms with Gasteiger partial charge in [-0.1, -0.05) is 165 Å². The minimum Gasteiger partial charge on any atom is -0.291 e. The summed E-state index contributed by atoms with van der Waals surface area (Å²) in [5.41, 5.74) is 9.32. The molecule has 0 saturated carbocycles. The minimum absolute atomic E-state index is 0.104. The number of unbranched alkanes of at least 4 members (excludes halogenated alkanes) is 10. The normalized spacial score (nSPS) is 13.4. The molecule has 1 aliphatic rings. The van der Waals surface area contributed by atoms with Gasteiger partial charge in [-0.15, -0.1) is 22.7 Å². The SMILES string of the molecule is C=c1[nH]n(-c2ccccc2)c(=O)/c1=C/c1ccc(-c2ccc3c(c2)C(CCCCCCCC)(CCCCCCCC)c2cc(-c4ccc(/C=c5\c(=C)[nH]n(-c6ccccc6)c5=O)s4)ccc2-3)s1. The van der Waals surface area contributed by atoms with Gasteiger partial charge in [0.2, 0.25) is 0 Å². The summed E-state index contributed by atoms with van der Waals surface area (Å²) < 4.78 is 3.14. The first-order valence-corrected chi connectivity index (χ1v) is 26.1. The molecule has 6 nitrogen and oxygen atoms in total. The first kappa shape index (κ1) is 45.9. The Kier molecular flexibility index (Phi) is 14.2. The molecule has 0 bridgehead atoms. The van der Waals surface area contributed by atoms with Crippen LogP contribution in [0.3, 0.4) is 0 Å². The lowest BCUT2D eigenvalue weighted by Gasteiger charge is -2.33. The Morgan fingerprint density at radius 1 is 0.507 bits per heavy atom. The van der Waals surface area contributed by atoms with E-state index in [1.165, 1.54) is 120 Å². The number of fused-ring (bicyclic) bond motifs is 3. The highest BCUT2D eigenvalue weighted by Gasteiger charge is 2.42. The number of nitrogens with one attached hydrogen (secondary N) is 2. The predicted octanol–water partition coefficient (Wildman–Crippen LogP) is 12.3. The van der Waals surface area contributed by atoms with E-state index in [-0.39, 0.29) is 16.5 Å². The second kappa shape index (κ2) is 20.7. The van der Waals surface area contributed by atoms with E-state index in [4.69, 9.17) is 0 Å². The van der Waals surface area contributed by atoms with Crippen LogP contribution in [0.1, 0.15) is 125 Å². The highest BCUT2D eigenvalue weighted by molar-refractivity contribution is 7.16. The number of aromatic amines is 2. The van der Waals surface area contributed by atoms with Crippen LogP contribution in [0.4, 0.5) is 0 Å². The van der Waals surface area contributed by atoms with Crippen LogP contribution in [0.2, 0.25) is 0 Å².